The first-order valence-corrected chi connectivity index (χ1v) is 5.41. The molecular weight excluding hydrogens is 160 g/mol. The van der Waals surface area contributed by atoms with E-state index in [1.165, 1.54) is 32.1 Å². The van der Waals surface area contributed by atoms with Gasteiger partial charge in [0.2, 0.25) is 0 Å². The van der Waals surface area contributed by atoms with E-state index in [-0.39, 0.29) is 0 Å². The summed E-state index contributed by atoms with van der Waals surface area (Å²) in [4.78, 5) is 10.2. The molecule has 0 aliphatic carbocycles. The van der Waals surface area contributed by atoms with E-state index in [1.807, 2.05) is 6.08 Å². The van der Waals surface area contributed by atoms with Gasteiger partial charge in [-0.05, 0) is 18.8 Å². The molecule has 0 spiro atoms. The highest BCUT2D eigenvalue weighted by Crippen LogP contribution is 2.16. The minimum atomic E-state index is 0.557. The van der Waals surface area contributed by atoms with Crippen LogP contribution in [-0.2, 0) is 4.79 Å². The molecule has 0 aliphatic heterocycles. The fourth-order valence-corrected chi connectivity index (χ4v) is 1.50. The Hall–Kier alpha value is -0.590. The van der Waals surface area contributed by atoms with Gasteiger partial charge in [-0.25, -0.2) is 0 Å². The minimum absolute atomic E-state index is 0.557. The SMILES string of the molecule is C=CC(CCC=O)CCCCCC. The number of carbonyl (C=O) groups excluding carboxylic acids is 1. The van der Waals surface area contributed by atoms with E-state index in [0.29, 0.717) is 12.3 Å². The fraction of sp³-hybridized carbons (Fsp3) is 0.750. The molecule has 1 atom stereocenters. The van der Waals surface area contributed by atoms with Gasteiger partial charge in [-0.2, -0.15) is 0 Å². The number of allylic oxidation sites excluding steroid dienone is 1. The summed E-state index contributed by atoms with van der Waals surface area (Å²) in [5.41, 5.74) is 0. The molecule has 0 aromatic carbocycles. The lowest BCUT2D eigenvalue weighted by atomic mass is 9.96. The van der Waals surface area contributed by atoms with Crippen LogP contribution in [-0.4, -0.2) is 6.29 Å². The first kappa shape index (κ1) is 12.4. The standard InChI is InChI=1S/C12H22O/c1-3-5-6-7-9-12(4-2)10-8-11-13/h4,11-12H,2-3,5-10H2,1H3. The average Bonchev–Trinajstić information content (AvgIpc) is 2.17. The van der Waals surface area contributed by atoms with Crippen molar-refractivity contribution >= 4 is 6.29 Å². The Labute approximate surface area is 82.2 Å². The Morgan fingerprint density at radius 2 is 2.00 bits per heavy atom. The van der Waals surface area contributed by atoms with Crippen LogP contribution in [0, 0.1) is 5.92 Å². The Kier molecular flexibility index (Phi) is 9.07. The van der Waals surface area contributed by atoms with Crippen LogP contribution < -0.4 is 0 Å². The molecule has 0 saturated heterocycles. The third-order valence-electron chi connectivity index (χ3n) is 2.42. The van der Waals surface area contributed by atoms with E-state index in [9.17, 15) is 4.79 Å². The van der Waals surface area contributed by atoms with E-state index < -0.39 is 0 Å². The highest BCUT2D eigenvalue weighted by atomic mass is 16.1. The van der Waals surface area contributed by atoms with Crippen LogP contribution in [0.4, 0.5) is 0 Å². The van der Waals surface area contributed by atoms with Crippen LogP contribution in [0.25, 0.3) is 0 Å². The Morgan fingerprint density at radius 3 is 2.54 bits per heavy atom. The largest absolute Gasteiger partial charge is 0.303 e. The second kappa shape index (κ2) is 9.50. The maximum Gasteiger partial charge on any atom is 0.120 e. The van der Waals surface area contributed by atoms with Gasteiger partial charge in [0, 0.05) is 6.42 Å². The maximum atomic E-state index is 10.2. The van der Waals surface area contributed by atoms with Crippen LogP contribution in [0.2, 0.25) is 0 Å². The molecule has 0 heterocycles. The third-order valence-corrected chi connectivity index (χ3v) is 2.42. The number of hydrogen-bond donors (Lipinski definition) is 0. The normalized spacial score (nSPS) is 12.4. The number of hydrogen-bond acceptors (Lipinski definition) is 1. The number of unbranched alkanes of at least 4 members (excludes halogenated alkanes) is 3. The smallest absolute Gasteiger partial charge is 0.120 e. The molecule has 0 rings (SSSR count). The summed E-state index contributed by atoms with van der Waals surface area (Å²) >= 11 is 0. The molecule has 76 valence electrons. The van der Waals surface area contributed by atoms with Gasteiger partial charge in [-0.1, -0.05) is 38.7 Å². The lowest BCUT2D eigenvalue weighted by Crippen LogP contribution is -1.96. The lowest BCUT2D eigenvalue weighted by molar-refractivity contribution is -0.108. The molecule has 1 heteroatoms. The molecule has 0 radical (unpaired) electrons. The Bertz CT molecular complexity index is 129. The third kappa shape index (κ3) is 7.76. The van der Waals surface area contributed by atoms with Gasteiger partial charge < -0.3 is 4.79 Å². The summed E-state index contributed by atoms with van der Waals surface area (Å²) in [6.45, 7) is 6.02. The predicted molar refractivity (Wildman–Crippen MR) is 57.7 cm³/mol. The molecule has 0 amide bonds. The number of rotatable bonds is 9. The zero-order valence-corrected chi connectivity index (χ0v) is 8.80. The average molecular weight is 182 g/mol. The molecule has 0 aromatic rings. The van der Waals surface area contributed by atoms with Crippen molar-refractivity contribution in [1.82, 2.24) is 0 Å². The zero-order chi connectivity index (χ0) is 9.94. The molecule has 13 heavy (non-hydrogen) atoms. The quantitative estimate of drug-likeness (QED) is 0.301. The minimum Gasteiger partial charge on any atom is -0.303 e. The van der Waals surface area contributed by atoms with Crippen LogP contribution in [0.1, 0.15) is 51.9 Å². The van der Waals surface area contributed by atoms with Gasteiger partial charge >= 0.3 is 0 Å². The fourth-order valence-electron chi connectivity index (χ4n) is 1.50. The van der Waals surface area contributed by atoms with Crippen molar-refractivity contribution in [3.05, 3.63) is 12.7 Å². The molecule has 1 unspecified atom stereocenters. The topological polar surface area (TPSA) is 17.1 Å². The zero-order valence-electron chi connectivity index (χ0n) is 8.80. The van der Waals surface area contributed by atoms with Crippen molar-refractivity contribution in [2.24, 2.45) is 5.92 Å². The molecule has 0 bridgehead atoms. The van der Waals surface area contributed by atoms with Crippen molar-refractivity contribution in [3.8, 4) is 0 Å². The molecule has 0 saturated carbocycles. The van der Waals surface area contributed by atoms with E-state index in [0.717, 1.165) is 12.7 Å². The summed E-state index contributed by atoms with van der Waals surface area (Å²) in [6, 6.07) is 0. The monoisotopic (exact) mass is 182 g/mol. The molecule has 0 aliphatic rings. The van der Waals surface area contributed by atoms with Crippen molar-refractivity contribution in [3.63, 3.8) is 0 Å². The molecule has 1 nitrogen and oxygen atoms in total. The van der Waals surface area contributed by atoms with Crippen molar-refractivity contribution in [1.29, 1.82) is 0 Å². The van der Waals surface area contributed by atoms with E-state index >= 15 is 0 Å². The Morgan fingerprint density at radius 1 is 1.23 bits per heavy atom. The second-order valence-corrected chi connectivity index (χ2v) is 3.59. The van der Waals surface area contributed by atoms with Gasteiger partial charge in [0.1, 0.15) is 6.29 Å². The summed E-state index contributed by atoms with van der Waals surface area (Å²) in [6.07, 6.45) is 11.1. The van der Waals surface area contributed by atoms with Gasteiger partial charge in [-0.15, -0.1) is 6.58 Å². The van der Waals surface area contributed by atoms with Crippen molar-refractivity contribution in [2.45, 2.75) is 51.9 Å². The number of carbonyl (C=O) groups is 1. The molecular formula is C12H22O. The van der Waals surface area contributed by atoms with E-state index in [2.05, 4.69) is 13.5 Å². The number of aldehydes is 1. The van der Waals surface area contributed by atoms with E-state index in [1.54, 1.807) is 0 Å². The summed E-state index contributed by atoms with van der Waals surface area (Å²) in [5.74, 6) is 0.557. The molecule has 0 fully saturated rings. The maximum absolute atomic E-state index is 10.2. The Balaban J connectivity index is 3.36. The van der Waals surface area contributed by atoms with Crippen molar-refractivity contribution in [2.75, 3.05) is 0 Å². The molecule has 0 N–H and O–H groups in total. The first-order chi connectivity index (χ1) is 6.35. The predicted octanol–water partition coefficient (Wildman–Crippen LogP) is 3.74. The summed E-state index contributed by atoms with van der Waals surface area (Å²) < 4.78 is 0. The summed E-state index contributed by atoms with van der Waals surface area (Å²) in [7, 11) is 0. The highest BCUT2D eigenvalue weighted by molar-refractivity contribution is 5.49. The van der Waals surface area contributed by atoms with E-state index in [4.69, 9.17) is 0 Å². The molecule has 0 aromatic heterocycles. The summed E-state index contributed by atoms with van der Waals surface area (Å²) in [5, 5.41) is 0. The first-order valence-electron chi connectivity index (χ1n) is 5.41. The van der Waals surface area contributed by atoms with Gasteiger partial charge in [0.25, 0.3) is 0 Å². The van der Waals surface area contributed by atoms with Crippen molar-refractivity contribution < 1.29 is 4.79 Å². The van der Waals surface area contributed by atoms with Crippen LogP contribution >= 0.6 is 0 Å². The van der Waals surface area contributed by atoms with Crippen LogP contribution in [0.3, 0.4) is 0 Å². The second-order valence-electron chi connectivity index (χ2n) is 3.59. The van der Waals surface area contributed by atoms with Crippen LogP contribution in [0.5, 0.6) is 0 Å². The van der Waals surface area contributed by atoms with Gasteiger partial charge in [0.05, 0.1) is 0 Å². The van der Waals surface area contributed by atoms with Gasteiger partial charge in [0.15, 0.2) is 0 Å². The highest BCUT2D eigenvalue weighted by Gasteiger charge is 2.02. The van der Waals surface area contributed by atoms with Gasteiger partial charge in [-0.3, -0.25) is 0 Å². The lowest BCUT2D eigenvalue weighted by Gasteiger charge is -2.09. The van der Waals surface area contributed by atoms with Crippen LogP contribution in [0.15, 0.2) is 12.7 Å².